The van der Waals surface area contributed by atoms with Crippen LogP contribution in [0.5, 0.6) is 0 Å². The van der Waals surface area contributed by atoms with Crippen LogP contribution in [0.4, 0.5) is 11.9 Å². The van der Waals surface area contributed by atoms with Gasteiger partial charge in [0, 0.05) is 32.0 Å². The molecular weight excluding hydrogens is 288 g/mol. The molecule has 1 saturated heterocycles. The molecule has 1 aliphatic heterocycles. The minimum absolute atomic E-state index is 0.222. The van der Waals surface area contributed by atoms with Crippen LogP contribution in [0.3, 0.4) is 0 Å². The molecule has 0 bridgehead atoms. The Morgan fingerprint density at radius 3 is 2.76 bits per heavy atom. The highest BCUT2D eigenvalue weighted by molar-refractivity contribution is 6.28. The highest BCUT2D eigenvalue weighted by Gasteiger charge is 2.15. The number of aromatic nitrogens is 4. The van der Waals surface area contributed by atoms with E-state index in [2.05, 4.69) is 30.2 Å². The van der Waals surface area contributed by atoms with Crippen molar-refractivity contribution in [3.8, 4) is 0 Å². The van der Waals surface area contributed by atoms with Crippen LogP contribution in [0.25, 0.3) is 0 Å². The van der Waals surface area contributed by atoms with Gasteiger partial charge in [-0.2, -0.15) is 15.0 Å². The minimum Gasteiger partial charge on any atom is -0.350 e. The minimum atomic E-state index is 0.222. The number of nitrogens with zero attached hydrogens (tertiary/aromatic N) is 5. The van der Waals surface area contributed by atoms with E-state index in [0.29, 0.717) is 18.4 Å². The molecule has 2 aromatic rings. The van der Waals surface area contributed by atoms with E-state index >= 15 is 0 Å². The van der Waals surface area contributed by atoms with Crippen molar-refractivity contribution in [1.29, 1.82) is 0 Å². The molecule has 0 aliphatic carbocycles. The van der Waals surface area contributed by atoms with Gasteiger partial charge in [0.15, 0.2) is 0 Å². The van der Waals surface area contributed by atoms with E-state index < -0.39 is 0 Å². The van der Waals surface area contributed by atoms with Crippen LogP contribution in [-0.4, -0.2) is 33.0 Å². The lowest BCUT2D eigenvalue weighted by molar-refractivity contribution is 0.567. The number of nitrogens with one attached hydrogen (secondary N) is 1. The number of piperidine rings is 1. The predicted molar refractivity (Wildman–Crippen MR) is 82.5 cm³/mol. The summed E-state index contributed by atoms with van der Waals surface area (Å²) in [6, 6.07) is 3.89. The second-order valence-electron chi connectivity index (χ2n) is 4.99. The standard InChI is InChI=1S/C14H17ClN6/c15-12-18-13(17-10-11-5-4-6-16-9-11)20-14(19-12)21-7-2-1-3-8-21/h4-6,9H,1-3,7-8,10H2,(H,17,18,19,20). The van der Waals surface area contributed by atoms with Gasteiger partial charge in [0.25, 0.3) is 0 Å². The van der Waals surface area contributed by atoms with Gasteiger partial charge in [-0.15, -0.1) is 0 Å². The summed E-state index contributed by atoms with van der Waals surface area (Å²) in [5.41, 5.74) is 1.06. The second-order valence-corrected chi connectivity index (χ2v) is 5.33. The van der Waals surface area contributed by atoms with Crippen LogP contribution < -0.4 is 10.2 Å². The summed E-state index contributed by atoms with van der Waals surface area (Å²) in [6.45, 7) is 2.55. The zero-order chi connectivity index (χ0) is 14.5. The fraction of sp³-hybridized carbons (Fsp3) is 0.429. The third-order valence-electron chi connectivity index (χ3n) is 3.41. The zero-order valence-corrected chi connectivity index (χ0v) is 12.4. The molecule has 1 N–H and O–H groups in total. The molecule has 1 fully saturated rings. The highest BCUT2D eigenvalue weighted by Crippen LogP contribution is 2.18. The molecule has 0 unspecified atom stereocenters. The molecule has 0 radical (unpaired) electrons. The Kier molecular flexibility index (Phi) is 4.45. The molecule has 1 aliphatic rings. The van der Waals surface area contributed by atoms with Gasteiger partial charge in [0.05, 0.1) is 0 Å². The first-order chi connectivity index (χ1) is 10.3. The Morgan fingerprint density at radius 2 is 2.00 bits per heavy atom. The third-order valence-corrected chi connectivity index (χ3v) is 3.58. The Balaban J connectivity index is 1.71. The van der Waals surface area contributed by atoms with Gasteiger partial charge in [-0.25, -0.2) is 0 Å². The zero-order valence-electron chi connectivity index (χ0n) is 11.7. The molecule has 0 saturated carbocycles. The maximum Gasteiger partial charge on any atom is 0.231 e. The van der Waals surface area contributed by atoms with E-state index in [9.17, 15) is 0 Å². The number of hydrogen-bond donors (Lipinski definition) is 1. The smallest absolute Gasteiger partial charge is 0.231 e. The fourth-order valence-corrected chi connectivity index (χ4v) is 2.49. The van der Waals surface area contributed by atoms with E-state index in [4.69, 9.17) is 11.6 Å². The molecule has 110 valence electrons. The number of halogens is 1. The lowest BCUT2D eigenvalue weighted by Gasteiger charge is -2.26. The molecule has 21 heavy (non-hydrogen) atoms. The largest absolute Gasteiger partial charge is 0.350 e. The first kappa shape index (κ1) is 14.0. The third kappa shape index (κ3) is 3.78. The van der Waals surface area contributed by atoms with Crippen molar-refractivity contribution < 1.29 is 0 Å². The van der Waals surface area contributed by atoms with E-state index in [1.807, 2.05) is 12.1 Å². The first-order valence-electron chi connectivity index (χ1n) is 7.10. The predicted octanol–water partition coefficient (Wildman–Crippen LogP) is 2.52. The van der Waals surface area contributed by atoms with Crippen LogP contribution in [0.2, 0.25) is 5.28 Å². The number of pyridine rings is 1. The van der Waals surface area contributed by atoms with Crippen molar-refractivity contribution in [3.05, 3.63) is 35.4 Å². The average Bonchev–Trinajstić information content (AvgIpc) is 2.54. The number of rotatable bonds is 4. The monoisotopic (exact) mass is 304 g/mol. The van der Waals surface area contributed by atoms with Gasteiger partial charge in [-0.3, -0.25) is 4.98 Å². The number of anilines is 2. The Morgan fingerprint density at radius 1 is 1.14 bits per heavy atom. The number of hydrogen-bond acceptors (Lipinski definition) is 6. The summed E-state index contributed by atoms with van der Waals surface area (Å²) < 4.78 is 0. The van der Waals surface area contributed by atoms with Crippen LogP contribution in [0, 0.1) is 0 Å². The molecule has 2 aromatic heterocycles. The molecule has 0 atom stereocenters. The lowest BCUT2D eigenvalue weighted by Crippen LogP contribution is -2.31. The van der Waals surface area contributed by atoms with Crippen LogP contribution in [-0.2, 0) is 6.54 Å². The fourth-order valence-electron chi connectivity index (χ4n) is 2.34. The van der Waals surface area contributed by atoms with Gasteiger partial charge in [-0.1, -0.05) is 6.07 Å². The highest BCUT2D eigenvalue weighted by atomic mass is 35.5. The topological polar surface area (TPSA) is 66.8 Å². The molecule has 3 rings (SSSR count). The average molecular weight is 305 g/mol. The molecule has 3 heterocycles. The molecule has 6 nitrogen and oxygen atoms in total. The molecule has 7 heteroatoms. The lowest BCUT2D eigenvalue weighted by atomic mass is 10.1. The van der Waals surface area contributed by atoms with Gasteiger partial charge in [0.2, 0.25) is 17.2 Å². The van der Waals surface area contributed by atoms with E-state index in [-0.39, 0.29) is 5.28 Å². The Hall–Kier alpha value is -1.95. The summed E-state index contributed by atoms with van der Waals surface area (Å²) in [5, 5.41) is 3.39. The van der Waals surface area contributed by atoms with Gasteiger partial charge >= 0.3 is 0 Å². The first-order valence-corrected chi connectivity index (χ1v) is 7.48. The second kappa shape index (κ2) is 6.67. The van der Waals surface area contributed by atoms with Gasteiger partial charge in [-0.05, 0) is 42.5 Å². The van der Waals surface area contributed by atoms with Gasteiger partial charge < -0.3 is 10.2 Å². The normalized spacial score (nSPS) is 15.0. The Labute approximate surface area is 128 Å². The SMILES string of the molecule is Clc1nc(NCc2cccnc2)nc(N2CCCCC2)n1. The molecular formula is C14H17ClN6. The Bertz CT molecular complexity index is 585. The summed E-state index contributed by atoms with van der Waals surface area (Å²) >= 11 is 6.01. The summed E-state index contributed by atoms with van der Waals surface area (Å²) in [4.78, 5) is 19.1. The van der Waals surface area contributed by atoms with Crippen LogP contribution in [0.1, 0.15) is 24.8 Å². The molecule has 0 amide bonds. The van der Waals surface area contributed by atoms with Gasteiger partial charge in [0.1, 0.15) is 0 Å². The maximum atomic E-state index is 6.01. The van der Waals surface area contributed by atoms with E-state index in [0.717, 1.165) is 18.7 Å². The molecule has 0 aromatic carbocycles. The summed E-state index contributed by atoms with van der Waals surface area (Å²) in [6.07, 6.45) is 7.16. The van der Waals surface area contributed by atoms with Crippen molar-refractivity contribution in [2.75, 3.05) is 23.3 Å². The van der Waals surface area contributed by atoms with Crippen molar-refractivity contribution >= 4 is 23.5 Å². The summed E-state index contributed by atoms with van der Waals surface area (Å²) in [7, 11) is 0. The quantitative estimate of drug-likeness (QED) is 0.936. The van der Waals surface area contributed by atoms with Crippen molar-refractivity contribution in [2.24, 2.45) is 0 Å². The summed E-state index contributed by atoms with van der Waals surface area (Å²) in [5.74, 6) is 1.16. The van der Waals surface area contributed by atoms with Crippen LogP contribution >= 0.6 is 11.6 Å². The van der Waals surface area contributed by atoms with E-state index in [1.54, 1.807) is 12.4 Å². The molecule has 0 spiro atoms. The van der Waals surface area contributed by atoms with Crippen molar-refractivity contribution in [2.45, 2.75) is 25.8 Å². The van der Waals surface area contributed by atoms with Crippen LogP contribution in [0.15, 0.2) is 24.5 Å². The van der Waals surface area contributed by atoms with Crippen molar-refractivity contribution in [1.82, 2.24) is 19.9 Å². The van der Waals surface area contributed by atoms with Crippen molar-refractivity contribution in [3.63, 3.8) is 0 Å². The van der Waals surface area contributed by atoms with E-state index in [1.165, 1.54) is 19.3 Å². The maximum absolute atomic E-state index is 6.01.